The second-order valence-corrected chi connectivity index (χ2v) is 8.12. The Morgan fingerprint density at radius 1 is 0.639 bits per heavy atom. The molecule has 0 unspecified atom stereocenters. The van der Waals surface area contributed by atoms with Gasteiger partial charge in [0.15, 0.2) is 23.3 Å². The van der Waals surface area contributed by atoms with Gasteiger partial charge in [-0.25, -0.2) is 22.0 Å². The van der Waals surface area contributed by atoms with Gasteiger partial charge >= 0.3 is 6.11 Å². The monoisotopic (exact) mass is 504 g/mol. The summed E-state index contributed by atoms with van der Waals surface area (Å²) >= 11 is 0. The van der Waals surface area contributed by atoms with E-state index >= 15 is 0 Å². The summed E-state index contributed by atoms with van der Waals surface area (Å²) in [5.74, 6) is -8.10. The minimum atomic E-state index is -4.43. The van der Waals surface area contributed by atoms with Crippen molar-refractivity contribution in [1.29, 1.82) is 0 Å². The quantitative estimate of drug-likeness (QED) is 0.229. The number of benzene rings is 4. The van der Waals surface area contributed by atoms with Crippen molar-refractivity contribution in [3.05, 3.63) is 113 Å². The molecular weight excluding hydrogens is 485 g/mol. The molecule has 0 heterocycles. The Labute approximate surface area is 202 Å². The number of aryl methyl sites for hydroxylation is 1. The van der Waals surface area contributed by atoms with E-state index < -0.39 is 52.1 Å². The van der Waals surface area contributed by atoms with Crippen molar-refractivity contribution in [3.63, 3.8) is 0 Å². The zero-order valence-electron chi connectivity index (χ0n) is 18.9. The van der Waals surface area contributed by atoms with Gasteiger partial charge in [0, 0.05) is 17.2 Å². The molecule has 4 rings (SSSR count). The van der Waals surface area contributed by atoms with Gasteiger partial charge in [-0.3, -0.25) is 0 Å². The van der Waals surface area contributed by atoms with Crippen molar-refractivity contribution in [1.82, 2.24) is 0 Å². The van der Waals surface area contributed by atoms with E-state index in [0.29, 0.717) is 29.8 Å². The highest BCUT2D eigenvalue weighted by Gasteiger charge is 2.39. The van der Waals surface area contributed by atoms with Gasteiger partial charge in [-0.2, -0.15) is 8.78 Å². The fourth-order valence-electron chi connectivity index (χ4n) is 3.79. The molecule has 36 heavy (non-hydrogen) atoms. The molecule has 0 saturated heterocycles. The van der Waals surface area contributed by atoms with E-state index in [1.807, 2.05) is 24.3 Å². The Kier molecular flexibility index (Phi) is 7.06. The highest BCUT2D eigenvalue weighted by atomic mass is 19.3. The molecular formula is C28H19F7O. The minimum absolute atomic E-state index is 0.325. The Morgan fingerprint density at radius 3 is 1.94 bits per heavy atom. The highest BCUT2D eigenvalue weighted by Crippen LogP contribution is 2.38. The van der Waals surface area contributed by atoms with Crippen molar-refractivity contribution in [3.8, 4) is 28.0 Å². The van der Waals surface area contributed by atoms with Gasteiger partial charge < -0.3 is 4.74 Å². The Balaban J connectivity index is 1.63. The molecule has 0 aliphatic rings. The predicted octanol–water partition coefficient (Wildman–Crippen LogP) is 8.80. The molecule has 0 atom stereocenters. The van der Waals surface area contributed by atoms with Gasteiger partial charge in [0.05, 0.1) is 0 Å². The maximum absolute atomic E-state index is 14.9. The van der Waals surface area contributed by atoms with Crippen LogP contribution in [0.15, 0.2) is 72.8 Å². The third kappa shape index (κ3) is 5.08. The van der Waals surface area contributed by atoms with Crippen molar-refractivity contribution >= 4 is 0 Å². The van der Waals surface area contributed by atoms with Crippen molar-refractivity contribution in [2.45, 2.75) is 25.9 Å². The first-order valence-corrected chi connectivity index (χ1v) is 11.0. The maximum Gasteiger partial charge on any atom is 0.429 e. The lowest BCUT2D eigenvalue weighted by Crippen LogP contribution is -2.24. The van der Waals surface area contributed by atoms with Gasteiger partial charge in [0.1, 0.15) is 17.1 Å². The maximum atomic E-state index is 14.9. The summed E-state index contributed by atoms with van der Waals surface area (Å²) in [5.41, 5.74) is -0.0325. The van der Waals surface area contributed by atoms with Crippen LogP contribution in [0.2, 0.25) is 0 Å². The molecule has 0 aliphatic heterocycles. The van der Waals surface area contributed by atoms with E-state index in [0.717, 1.165) is 36.1 Å². The van der Waals surface area contributed by atoms with Crippen LogP contribution in [0.4, 0.5) is 30.7 Å². The summed E-state index contributed by atoms with van der Waals surface area (Å²) in [6.45, 7) is 2.05. The Bertz CT molecular complexity index is 1400. The van der Waals surface area contributed by atoms with Crippen LogP contribution in [0.3, 0.4) is 0 Å². The van der Waals surface area contributed by atoms with Crippen molar-refractivity contribution in [2.75, 3.05) is 0 Å². The Morgan fingerprint density at radius 2 is 1.31 bits per heavy atom. The largest absolute Gasteiger partial charge is 0.429 e. The van der Waals surface area contributed by atoms with Gasteiger partial charge in [-0.1, -0.05) is 55.8 Å². The average molecular weight is 504 g/mol. The Hall–Kier alpha value is -3.81. The second-order valence-electron chi connectivity index (χ2n) is 8.12. The fraction of sp³-hybridized carbons (Fsp3) is 0.143. The highest BCUT2D eigenvalue weighted by molar-refractivity contribution is 5.72. The van der Waals surface area contributed by atoms with Crippen LogP contribution >= 0.6 is 0 Å². The zero-order valence-corrected chi connectivity index (χ0v) is 18.9. The molecule has 0 spiro atoms. The fourth-order valence-corrected chi connectivity index (χ4v) is 3.79. The molecule has 0 amide bonds. The minimum Gasteiger partial charge on any atom is -0.429 e. The summed E-state index contributed by atoms with van der Waals surface area (Å²) in [5, 5.41) is 0. The van der Waals surface area contributed by atoms with E-state index in [1.54, 1.807) is 0 Å². The first-order chi connectivity index (χ1) is 17.1. The standard InChI is InChI=1S/C28H19F7O/c1-2-3-16-4-6-17(7-5-16)18-8-10-20(24(30)14-18)21-11-12-22(27(33)26(21)32)28(34,35)36-19-9-13-23(29)25(31)15-19/h4-15H,2-3H2,1H3. The number of hydrogen-bond donors (Lipinski definition) is 0. The number of rotatable bonds is 7. The second kappa shape index (κ2) is 10.0. The third-order valence-electron chi connectivity index (χ3n) is 5.62. The molecule has 4 aromatic rings. The van der Waals surface area contributed by atoms with Crippen LogP contribution in [0.5, 0.6) is 5.75 Å². The van der Waals surface area contributed by atoms with Crippen LogP contribution in [-0.4, -0.2) is 0 Å². The molecule has 0 bridgehead atoms. The molecule has 0 aromatic heterocycles. The van der Waals surface area contributed by atoms with E-state index in [4.69, 9.17) is 0 Å². The molecule has 0 fully saturated rings. The molecule has 0 saturated carbocycles. The summed E-state index contributed by atoms with van der Waals surface area (Å²) in [4.78, 5) is 0. The molecule has 8 heteroatoms. The lowest BCUT2D eigenvalue weighted by molar-refractivity contribution is -0.187. The summed E-state index contributed by atoms with van der Waals surface area (Å²) < 4.78 is 104. The first kappa shape index (κ1) is 25.3. The van der Waals surface area contributed by atoms with Crippen LogP contribution < -0.4 is 4.74 Å². The summed E-state index contributed by atoms with van der Waals surface area (Å²) in [6.07, 6.45) is -2.55. The number of alkyl halides is 2. The predicted molar refractivity (Wildman–Crippen MR) is 122 cm³/mol. The molecule has 1 nitrogen and oxygen atoms in total. The number of ether oxygens (including phenoxy) is 1. The van der Waals surface area contributed by atoms with Gasteiger partial charge in [0.2, 0.25) is 0 Å². The number of hydrogen-bond acceptors (Lipinski definition) is 1. The first-order valence-electron chi connectivity index (χ1n) is 11.0. The van der Waals surface area contributed by atoms with E-state index in [9.17, 15) is 30.7 Å². The molecule has 0 N–H and O–H groups in total. The van der Waals surface area contributed by atoms with Crippen molar-refractivity contribution in [2.24, 2.45) is 0 Å². The average Bonchev–Trinajstić information content (AvgIpc) is 2.84. The third-order valence-corrected chi connectivity index (χ3v) is 5.62. The number of halogens is 7. The molecule has 0 aliphatic carbocycles. The topological polar surface area (TPSA) is 9.23 Å². The smallest absolute Gasteiger partial charge is 0.429 e. The lowest BCUT2D eigenvalue weighted by Gasteiger charge is -2.20. The van der Waals surface area contributed by atoms with Crippen LogP contribution in [-0.2, 0) is 12.5 Å². The van der Waals surface area contributed by atoms with E-state index in [2.05, 4.69) is 11.7 Å². The lowest BCUT2D eigenvalue weighted by atomic mass is 9.97. The summed E-state index contributed by atoms with van der Waals surface area (Å²) in [7, 11) is 0. The zero-order chi connectivity index (χ0) is 26.0. The van der Waals surface area contributed by atoms with Crippen LogP contribution in [0.1, 0.15) is 24.5 Å². The van der Waals surface area contributed by atoms with Crippen molar-refractivity contribution < 1.29 is 35.5 Å². The normalized spacial score (nSPS) is 11.6. The molecule has 4 aromatic carbocycles. The molecule has 0 radical (unpaired) electrons. The van der Waals surface area contributed by atoms with Gasteiger partial charge in [0.25, 0.3) is 0 Å². The van der Waals surface area contributed by atoms with E-state index in [1.165, 1.54) is 12.1 Å². The SMILES string of the molecule is CCCc1ccc(-c2ccc(-c3ccc(C(F)(F)Oc4ccc(F)c(F)c4)c(F)c3F)c(F)c2)cc1. The van der Waals surface area contributed by atoms with Gasteiger partial charge in [-0.15, -0.1) is 0 Å². The van der Waals surface area contributed by atoms with Crippen LogP contribution in [0, 0.1) is 29.1 Å². The summed E-state index contributed by atoms with van der Waals surface area (Å²) in [6, 6.07) is 14.3. The van der Waals surface area contributed by atoms with Gasteiger partial charge in [-0.05, 0) is 47.4 Å². The van der Waals surface area contributed by atoms with Crippen LogP contribution in [0.25, 0.3) is 22.3 Å². The molecule has 186 valence electrons. The van der Waals surface area contributed by atoms with E-state index in [-0.39, 0.29) is 5.56 Å².